The van der Waals surface area contributed by atoms with E-state index >= 15 is 0 Å². The van der Waals surface area contributed by atoms with Gasteiger partial charge in [0.15, 0.2) is 6.17 Å². The molecule has 0 saturated carbocycles. The van der Waals surface area contributed by atoms with Crippen molar-refractivity contribution in [3.8, 4) is 11.3 Å². The first-order valence-electron chi connectivity index (χ1n) is 9.38. The molecule has 0 saturated heterocycles. The van der Waals surface area contributed by atoms with Crippen molar-refractivity contribution in [2.75, 3.05) is 0 Å². The fourth-order valence-corrected chi connectivity index (χ4v) is 2.06. The van der Waals surface area contributed by atoms with Crippen LogP contribution in [-0.4, -0.2) is 0 Å². The lowest BCUT2D eigenvalue weighted by atomic mass is 9.99. The molecule has 2 aromatic rings. The average molecular weight is 234 g/mol. The van der Waals surface area contributed by atoms with Crippen LogP contribution in [0.5, 0.6) is 0 Å². The molecule has 1 aromatic carbocycles. The van der Waals surface area contributed by atoms with Gasteiger partial charge in [0.05, 0.1) is 1.37 Å². The summed E-state index contributed by atoms with van der Waals surface area (Å²) in [6.07, 6.45) is -0.245. The molecule has 1 aromatic heterocycles. The molecule has 0 radical (unpaired) electrons. The highest BCUT2D eigenvalue weighted by Crippen LogP contribution is 2.24. The predicted octanol–water partition coefficient (Wildman–Crippen LogP) is 3.41. The molecule has 0 bridgehead atoms. The molecule has 0 aliphatic heterocycles. The summed E-state index contributed by atoms with van der Waals surface area (Å²) in [5.41, 5.74) is 2.27. The Morgan fingerprint density at radius 1 is 1.12 bits per heavy atom. The highest BCUT2D eigenvalue weighted by Gasteiger charge is 2.15. The van der Waals surface area contributed by atoms with Gasteiger partial charge < -0.3 is 0 Å². The summed E-state index contributed by atoms with van der Waals surface area (Å²) < 4.78 is 63.1. The molecular formula is C16H20N+. The van der Waals surface area contributed by atoms with Crippen LogP contribution in [0, 0.1) is 27.6 Å². The first-order chi connectivity index (χ1) is 11.3. The van der Waals surface area contributed by atoms with Gasteiger partial charge in [-0.05, 0) is 45.2 Å². The Balaban J connectivity index is 2.78. The zero-order valence-corrected chi connectivity index (χ0v) is 10.2. The molecule has 1 nitrogen and oxygen atoms in total. The van der Waals surface area contributed by atoms with Crippen LogP contribution in [0.25, 0.3) is 11.3 Å². The molecule has 0 unspecified atom stereocenters. The van der Waals surface area contributed by atoms with E-state index in [1.54, 1.807) is 33.0 Å². The molecule has 0 N–H and O–H groups in total. The summed E-state index contributed by atoms with van der Waals surface area (Å²) in [5, 5.41) is 0. The summed E-state index contributed by atoms with van der Waals surface area (Å²) in [7, 11) is 1.58. The maximum absolute atomic E-state index is 8.21. The van der Waals surface area contributed by atoms with Crippen molar-refractivity contribution in [1.82, 2.24) is 0 Å². The Kier molecular flexibility index (Phi) is 1.36. The Labute approximate surface area is 115 Å². The lowest BCUT2D eigenvalue weighted by molar-refractivity contribution is -0.661. The van der Waals surface area contributed by atoms with Gasteiger partial charge in [0.25, 0.3) is 0 Å². The highest BCUT2D eigenvalue weighted by molar-refractivity contribution is 5.64. The van der Waals surface area contributed by atoms with E-state index in [0.29, 0.717) is 22.4 Å². The molecular weight excluding hydrogens is 206 g/mol. The van der Waals surface area contributed by atoms with Crippen LogP contribution in [-0.2, 0) is 7.05 Å². The average Bonchev–Trinajstić information content (AvgIpc) is 2.44. The first kappa shape index (κ1) is 5.34. The van der Waals surface area contributed by atoms with Gasteiger partial charge in [-0.15, -0.1) is 0 Å². The third kappa shape index (κ3) is 2.23. The second kappa shape index (κ2) is 4.33. The number of hydrogen-bond acceptors (Lipinski definition) is 0. The van der Waals surface area contributed by atoms with Crippen LogP contribution in [0.3, 0.4) is 0 Å². The van der Waals surface area contributed by atoms with E-state index < -0.39 is 13.7 Å². The van der Waals surface area contributed by atoms with E-state index in [9.17, 15) is 0 Å². The van der Waals surface area contributed by atoms with E-state index in [1.807, 2.05) is 0 Å². The van der Waals surface area contributed by atoms with E-state index in [1.165, 1.54) is 10.6 Å². The normalized spacial score (nSPS) is 19.0. The number of aryl methyl sites for hydroxylation is 2. The summed E-state index contributed by atoms with van der Waals surface area (Å²) in [6, 6.07) is 4.52. The van der Waals surface area contributed by atoms with Crippen molar-refractivity contribution in [2.24, 2.45) is 7.05 Å². The summed E-state index contributed by atoms with van der Waals surface area (Å²) in [6.45, 7) is -1.36. The smallest absolute Gasteiger partial charge is 0.201 e. The van der Waals surface area contributed by atoms with Gasteiger partial charge in [0, 0.05) is 24.9 Å². The van der Waals surface area contributed by atoms with Gasteiger partial charge in [-0.25, -0.2) is 4.57 Å². The molecule has 2 rings (SSSR count). The number of pyridine rings is 1. The second-order valence-electron chi connectivity index (χ2n) is 4.17. The van der Waals surface area contributed by atoms with Crippen molar-refractivity contribution < 1.29 is 15.5 Å². The number of nitrogens with zero attached hydrogens (tertiary/aromatic N) is 1. The van der Waals surface area contributed by atoms with Crippen molar-refractivity contribution in [3.63, 3.8) is 0 Å². The van der Waals surface area contributed by atoms with Crippen LogP contribution in [0.1, 0.15) is 33.2 Å². The second-order valence-corrected chi connectivity index (χ2v) is 4.17. The Hall–Kier alpha value is -1.63. The Morgan fingerprint density at radius 2 is 1.88 bits per heavy atom. The Morgan fingerprint density at radius 3 is 2.53 bits per heavy atom. The number of rotatable bonds is 1. The third-order valence-electron chi connectivity index (χ3n) is 2.76. The van der Waals surface area contributed by atoms with Crippen LogP contribution < -0.4 is 4.57 Å². The number of benzene rings is 1. The SMILES string of the molecule is [2H]c1c(C)c(-c2ccc(C([2H])([2H])[2H])cc2C)[n+](C)c([2H])c1C([2H])([2H])[2H]. The number of hydrogen-bond donors (Lipinski definition) is 0. The van der Waals surface area contributed by atoms with Crippen LogP contribution >= 0.6 is 0 Å². The van der Waals surface area contributed by atoms with Crippen molar-refractivity contribution >= 4 is 0 Å². The molecule has 0 aliphatic carbocycles. The molecule has 0 spiro atoms. The van der Waals surface area contributed by atoms with E-state index in [-0.39, 0.29) is 23.3 Å². The fourth-order valence-electron chi connectivity index (χ4n) is 2.06. The van der Waals surface area contributed by atoms with Gasteiger partial charge >= 0.3 is 0 Å². The van der Waals surface area contributed by atoms with Crippen LogP contribution in [0.15, 0.2) is 30.4 Å². The third-order valence-corrected chi connectivity index (χ3v) is 2.76. The minimum atomic E-state index is -2.55. The summed E-state index contributed by atoms with van der Waals surface area (Å²) in [4.78, 5) is 0. The molecule has 0 atom stereocenters. The zero-order valence-electron chi connectivity index (χ0n) is 18.2. The standard InChI is InChI=1S/C16H20N/c1-11-6-7-15(13(3)8-11)16-14(4)9-12(2)10-17(16)5/h6-10H,1-5H3/q+1/i1D3,2D3,9D,10D. The number of aromatic nitrogens is 1. The van der Waals surface area contributed by atoms with Gasteiger partial charge in [0.2, 0.25) is 5.69 Å². The lowest BCUT2D eigenvalue weighted by Crippen LogP contribution is -2.32. The highest BCUT2D eigenvalue weighted by atomic mass is 14.9. The lowest BCUT2D eigenvalue weighted by Gasteiger charge is -2.08. The Bertz CT molecular complexity index is 804. The van der Waals surface area contributed by atoms with Crippen molar-refractivity contribution in [3.05, 3.63) is 52.7 Å². The van der Waals surface area contributed by atoms with Gasteiger partial charge in [-0.1, -0.05) is 17.7 Å². The monoisotopic (exact) mass is 234 g/mol. The molecule has 1 heteroatoms. The van der Waals surface area contributed by atoms with Crippen molar-refractivity contribution in [1.29, 1.82) is 0 Å². The van der Waals surface area contributed by atoms with Gasteiger partial charge in [-0.3, -0.25) is 0 Å². The molecule has 0 amide bonds. The zero-order chi connectivity index (χ0) is 19.3. The van der Waals surface area contributed by atoms with Gasteiger partial charge in [-0.2, -0.15) is 0 Å². The largest absolute Gasteiger partial charge is 0.215 e. The van der Waals surface area contributed by atoms with E-state index in [0.717, 1.165) is 0 Å². The fraction of sp³-hybridized carbons (Fsp3) is 0.312. The maximum atomic E-state index is 8.21. The van der Waals surface area contributed by atoms with Crippen molar-refractivity contribution in [2.45, 2.75) is 27.6 Å². The first-order valence-corrected chi connectivity index (χ1v) is 5.38. The van der Waals surface area contributed by atoms with Crippen LogP contribution in [0.4, 0.5) is 0 Å². The van der Waals surface area contributed by atoms with Crippen LogP contribution in [0.2, 0.25) is 0 Å². The maximum Gasteiger partial charge on any atom is 0.215 e. The molecule has 0 fully saturated rings. The predicted molar refractivity (Wildman–Crippen MR) is 72.0 cm³/mol. The molecule has 88 valence electrons. The molecule has 17 heavy (non-hydrogen) atoms. The van der Waals surface area contributed by atoms with E-state index in [4.69, 9.17) is 11.0 Å². The van der Waals surface area contributed by atoms with Gasteiger partial charge in [0.1, 0.15) is 8.42 Å². The minimum Gasteiger partial charge on any atom is -0.201 e. The molecule has 0 aliphatic rings. The minimum absolute atomic E-state index is 0.183. The van der Waals surface area contributed by atoms with E-state index in [2.05, 4.69) is 0 Å². The topological polar surface area (TPSA) is 3.88 Å². The quantitative estimate of drug-likeness (QED) is 0.666. The summed E-state index contributed by atoms with van der Waals surface area (Å²) in [5.74, 6) is 0. The summed E-state index contributed by atoms with van der Waals surface area (Å²) >= 11 is 0. The molecule has 1 heterocycles.